The second-order valence-corrected chi connectivity index (χ2v) is 75.8. The summed E-state index contributed by atoms with van der Waals surface area (Å²) < 4.78 is 111. The van der Waals surface area contributed by atoms with Gasteiger partial charge in [-0.1, -0.05) is 0 Å². The van der Waals surface area contributed by atoms with Crippen LogP contribution in [-0.4, -0.2) is 125 Å². The van der Waals surface area contributed by atoms with Gasteiger partial charge in [0.25, 0.3) is 0 Å². The van der Waals surface area contributed by atoms with Crippen molar-refractivity contribution in [3.63, 3.8) is 0 Å². The molecule has 0 saturated carbocycles. The Bertz CT molecular complexity index is 1010. The molecule has 0 radical (unpaired) electrons. The minimum atomic E-state index is -4.84. The van der Waals surface area contributed by atoms with E-state index in [0.29, 0.717) is 0 Å². The van der Waals surface area contributed by atoms with E-state index in [1.54, 1.807) is 0 Å². The number of hydrogen-bond donors (Lipinski definition) is 0. The molecule has 0 aliphatic heterocycles. The van der Waals surface area contributed by atoms with E-state index in [2.05, 4.69) is 0 Å². The van der Waals surface area contributed by atoms with Crippen LogP contribution in [0.1, 0.15) is 0 Å². The molecule has 0 atom stereocenters. The molecule has 0 unspecified atom stereocenters. The van der Waals surface area contributed by atoms with Crippen LogP contribution >= 0.6 is 0 Å². The Balaban J connectivity index is 0. The van der Waals surface area contributed by atoms with Crippen LogP contribution in [0.15, 0.2) is 0 Å². The average Bonchev–Trinajstić information content (AvgIpc) is 2.51. The SMILES string of the molecule is C[Si](C)(C)O[As](=O)(O[Si](C)(C)C)O[As](=O)(O[Si](C)(C)C)O[Si](C)(C)C.C[Si](C)(C)O[As](=O)(O[Si](C)(C)C)O[As](=O)(O[Si](C)(C)C)O[Si](C)(C)C. The van der Waals surface area contributed by atoms with E-state index in [-0.39, 0.29) is 0 Å². The molecule has 0 spiro atoms. The molecule has 0 aromatic heterocycles. The first-order valence-corrected chi connectivity index (χ1v) is 56.1. The monoisotopic (exact) mass is 1110 g/mol. The molecule has 50 heavy (non-hydrogen) atoms. The molecule has 0 fully saturated rings. The van der Waals surface area contributed by atoms with Crippen molar-refractivity contribution in [1.29, 1.82) is 0 Å². The first kappa shape index (κ1) is 54.9. The number of rotatable bonds is 20. The molecule has 26 heteroatoms. The molecule has 0 bridgehead atoms. The van der Waals surface area contributed by atoms with E-state index in [0.717, 1.165) is 0 Å². The zero-order valence-corrected chi connectivity index (χ0v) is 51.0. The molecule has 0 amide bonds. The van der Waals surface area contributed by atoms with Gasteiger partial charge in [-0.2, -0.15) is 0 Å². The van der Waals surface area contributed by atoms with E-state index >= 15 is 0 Å². The van der Waals surface area contributed by atoms with Crippen LogP contribution < -0.4 is 0 Å². The molecule has 0 aromatic carbocycles. The summed E-state index contributed by atoms with van der Waals surface area (Å²) in [6.07, 6.45) is 0. The second kappa shape index (κ2) is 18.6. The summed E-state index contributed by atoms with van der Waals surface area (Å²) in [7, 11) is -18.2. The molecule has 0 aromatic rings. The summed E-state index contributed by atoms with van der Waals surface area (Å²) in [5, 5.41) is 0. The third kappa shape index (κ3) is 31.9. The maximum atomic E-state index is 13.4. The van der Waals surface area contributed by atoms with Crippen LogP contribution in [0.25, 0.3) is 0 Å². The summed E-state index contributed by atoms with van der Waals surface area (Å²) in [6.45, 7) is 45.2. The van der Waals surface area contributed by atoms with Gasteiger partial charge in [-0.15, -0.1) is 0 Å². The molecule has 0 aliphatic carbocycles. The van der Waals surface area contributed by atoms with Gasteiger partial charge >= 0.3 is 329 Å². The Hall–Kier alpha value is 2.77. The van der Waals surface area contributed by atoms with Crippen LogP contribution in [0.3, 0.4) is 0 Å². The predicted molar refractivity (Wildman–Crippen MR) is 223 cm³/mol. The van der Waals surface area contributed by atoms with Crippen LogP contribution in [0.5, 0.6) is 0 Å². The molecule has 0 N–H and O–H groups in total. The van der Waals surface area contributed by atoms with Gasteiger partial charge in [-0.05, 0) is 0 Å². The van der Waals surface area contributed by atoms with Gasteiger partial charge in [0.15, 0.2) is 0 Å². The zero-order chi connectivity index (χ0) is 41.1. The summed E-state index contributed by atoms with van der Waals surface area (Å²) in [6, 6.07) is 0. The fourth-order valence-electron chi connectivity index (χ4n) is 3.14. The number of hydrogen-bond acceptors (Lipinski definition) is 14. The Morgan fingerprint density at radius 3 is 0.360 bits per heavy atom. The van der Waals surface area contributed by atoms with Crippen LogP contribution in [0, 0.1) is 0 Å². The van der Waals surface area contributed by atoms with Crippen molar-refractivity contribution in [2.75, 3.05) is 0 Å². The first-order chi connectivity index (χ1) is 21.1. The standard InChI is InChI=1S/2C12H36As2O7Si4/c2*1-22(2,3)18-13(15,19-23(4,5)6)17-14(16,20-24(7,8)9)21-25(10,11)12/h2*1-12H3. The Morgan fingerprint density at radius 1 is 0.220 bits per heavy atom. The van der Waals surface area contributed by atoms with Gasteiger partial charge in [-0.25, -0.2) is 0 Å². The molecular weight excluding hydrogens is 1040 g/mol. The van der Waals surface area contributed by atoms with Crippen LogP contribution in [-0.2, 0) is 47.7 Å². The summed E-state index contributed by atoms with van der Waals surface area (Å²) in [5.41, 5.74) is 0. The fourth-order valence-corrected chi connectivity index (χ4v) is 62.7. The third-order valence-corrected chi connectivity index (χ3v) is 58.9. The van der Waals surface area contributed by atoms with Gasteiger partial charge in [0.05, 0.1) is 0 Å². The topological polar surface area (TPSA) is 161 Å². The molecule has 304 valence electrons. The van der Waals surface area contributed by atoms with Gasteiger partial charge in [0, 0.05) is 0 Å². The van der Waals surface area contributed by atoms with Gasteiger partial charge in [0.2, 0.25) is 0 Å². The van der Waals surface area contributed by atoms with Gasteiger partial charge in [-0.3, -0.25) is 0 Å². The quantitative estimate of drug-likeness (QED) is 0.107. The van der Waals surface area contributed by atoms with Crippen molar-refractivity contribution in [2.45, 2.75) is 157 Å². The van der Waals surface area contributed by atoms with Crippen molar-refractivity contribution in [2.24, 2.45) is 0 Å². The zero-order valence-electron chi connectivity index (χ0n) is 35.5. The third-order valence-electron chi connectivity index (χ3n) is 3.49. The van der Waals surface area contributed by atoms with Crippen LogP contribution in [0.4, 0.5) is 0 Å². The van der Waals surface area contributed by atoms with E-state index in [9.17, 15) is 15.0 Å². The van der Waals surface area contributed by atoms with Crippen LogP contribution in [0.2, 0.25) is 157 Å². The molecule has 0 heterocycles. The van der Waals surface area contributed by atoms with E-state index < -0.39 is 125 Å². The maximum absolute atomic E-state index is 13.4. The predicted octanol–water partition coefficient (Wildman–Crippen LogP) is 8.28. The van der Waals surface area contributed by atoms with E-state index in [1.165, 1.54) is 0 Å². The molecule has 0 rings (SSSR count). The van der Waals surface area contributed by atoms with Crippen molar-refractivity contribution >= 4 is 125 Å². The molecule has 14 nitrogen and oxygen atoms in total. The summed E-state index contributed by atoms with van der Waals surface area (Å²) in [5.74, 6) is 0. The van der Waals surface area contributed by atoms with Crippen molar-refractivity contribution < 1.29 is 47.7 Å². The van der Waals surface area contributed by atoms with E-state index in [4.69, 9.17) is 32.8 Å². The first-order valence-electron chi connectivity index (χ1n) is 16.6. The van der Waals surface area contributed by atoms with Gasteiger partial charge < -0.3 is 0 Å². The Labute approximate surface area is 326 Å². The summed E-state index contributed by atoms with van der Waals surface area (Å²) in [4.78, 5) is 0. The minimum absolute atomic E-state index is 1.88. The summed E-state index contributed by atoms with van der Waals surface area (Å²) >= 11 is -19.4. The van der Waals surface area contributed by atoms with Crippen molar-refractivity contribution in [3.05, 3.63) is 0 Å². The fraction of sp³-hybridized carbons (Fsp3) is 1.00. The Kier molecular flexibility index (Phi) is 20.4. The van der Waals surface area contributed by atoms with Gasteiger partial charge in [0.1, 0.15) is 0 Å². The average molecular weight is 1110 g/mol. The van der Waals surface area contributed by atoms with E-state index in [1.807, 2.05) is 157 Å². The molecular formula is C24H72As4O14Si8. The molecule has 0 saturated heterocycles. The second-order valence-electron chi connectivity index (χ2n) is 19.6. The Morgan fingerprint density at radius 2 is 0.300 bits per heavy atom. The van der Waals surface area contributed by atoms with Crippen molar-refractivity contribution in [3.8, 4) is 0 Å². The van der Waals surface area contributed by atoms with Crippen molar-refractivity contribution in [1.82, 2.24) is 0 Å². The molecule has 0 aliphatic rings. The normalized spacial score (nSPS) is 15.5.